The number of nitrogens with one attached hydrogen (secondary N) is 1. The summed E-state index contributed by atoms with van der Waals surface area (Å²) in [5.74, 6) is 0. The minimum Gasteiger partial charge on any atom is -0.455 e. The van der Waals surface area contributed by atoms with Crippen LogP contribution >= 0.6 is 0 Å². The van der Waals surface area contributed by atoms with Gasteiger partial charge in [0, 0.05) is 34.1 Å². The number of benzene rings is 8. The minimum atomic E-state index is -0.547. The Morgan fingerprint density at radius 3 is 1.86 bits per heavy atom. The summed E-state index contributed by atoms with van der Waals surface area (Å²) in [6.07, 6.45) is 0. The van der Waals surface area contributed by atoms with Crippen molar-refractivity contribution in [2.75, 3.05) is 11.9 Å². The Balaban J connectivity index is 1.41. The lowest BCUT2D eigenvalue weighted by molar-refractivity contribution is 0.670. The molecule has 242 valence electrons. The van der Waals surface area contributed by atoms with E-state index in [1.165, 1.54) is 49.7 Å². The molecule has 0 spiro atoms. The normalized spacial score (nSPS) is 13.0. The number of hydrogen-bond acceptors (Lipinski definition) is 2. The van der Waals surface area contributed by atoms with Crippen LogP contribution in [0.15, 0.2) is 180 Å². The smallest absolute Gasteiger partial charge is 0.143 e. The molecule has 9 aromatic rings. The number of rotatable bonds is 6. The molecule has 1 heterocycles. The molecule has 1 aliphatic rings. The van der Waals surface area contributed by atoms with Crippen LogP contribution in [0, 0.1) is 0 Å². The first-order valence-electron chi connectivity index (χ1n) is 17.8. The van der Waals surface area contributed by atoms with Crippen LogP contribution in [0.2, 0.25) is 0 Å². The molecule has 1 N–H and O–H groups in total. The first-order valence-corrected chi connectivity index (χ1v) is 17.8. The zero-order chi connectivity index (χ0) is 33.9. The van der Waals surface area contributed by atoms with E-state index in [0.29, 0.717) is 0 Å². The topological polar surface area (TPSA) is 25.2 Å². The molecule has 0 bridgehead atoms. The molecule has 51 heavy (non-hydrogen) atoms. The van der Waals surface area contributed by atoms with E-state index in [9.17, 15) is 0 Å². The van der Waals surface area contributed by atoms with Crippen LogP contribution < -0.4 is 5.32 Å². The van der Waals surface area contributed by atoms with Crippen molar-refractivity contribution >= 4 is 38.4 Å². The van der Waals surface area contributed by atoms with Crippen molar-refractivity contribution in [3.8, 4) is 33.4 Å². The molecular formula is C49H35NO. The predicted molar refractivity (Wildman–Crippen MR) is 214 cm³/mol. The molecule has 2 heteroatoms. The summed E-state index contributed by atoms with van der Waals surface area (Å²) in [5.41, 5.74) is 14.6. The second kappa shape index (κ2) is 11.6. The number of furan rings is 1. The fourth-order valence-corrected chi connectivity index (χ4v) is 8.87. The van der Waals surface area contributed by atoms with E-state index in [2.05, 4.69) is 188 Å². The number of fused-ring (bicyclic) bond motifs is 7. The summed E-state index contributed by atoms with van der Waals surface area (Å²) in [6.45, 7) is 2.97. The number of para-hydroxylation sites is 1. The average Bonchev–Trinajstić information content (AvgIpc) is 3.73. The summed E-state index contributed by atoms with van der Waals surface area (Å²) in [6, 6.07) is 64.2. The molecule has 2 nitrogen and oxygen atoms in total. The van der Waals surface area contributed by atoms with Crippen LogP contribution in [0.4, 0.5) is 5.69 Å². The summed E-state index contributed by atoms with van der Waals surface area (Å²) < 4.78 is 6.96. The summed E-state index contributed by atoms with van der Waals surface area (Å²) in [7, 11) is 0. The molecular weight excluding hydrogens is 619 g/mol. The lowest BCUT2D eigenvalue weighted by atomic mass is 9.66. The first-order chi connectivity index (χ1) is 25.3. The molecule has 0 fully saturated rings. The Labute approximate surface area is 297 Å². The van der Waals surface area contributed by atoms with Gasteiger partial charge in [0.25, 0.3) is 0 Å². The van der Waals surface area contributed by atoms with Gasteiger partial charge in [-0.05, 0) is 80.4 Å². The van der Waals surface area contributed by atoms with Gasteiger partial charge in [0.15, 0.2) is 0 Å². The standard InChI is InChI=1S/C49H35NO/c1-2-50-43-31-28-32-16-9-10-21-35(32)45(43)46-38(29-30-41-37-23-12-14-27-44(37)51-48(41)46)40-25-15-24-39-36-22-11-13-26-42(36)49(47(39)40,33-17-5-3-6-18-33)34-19-7-4-8-20-34/h3-31,50H,2H2,1H3. The quantitative estimate of drug-likeness (QED) is 0.193. The van der Waals surface area contributed by atoms with E-state index >= 15 is 0 Å². The van der Waals surface area contributed by atoms with Gasteiger partial charge in [0.2, 0.25) is 0 Å². The van der Waals surface area contributed by atoms with Crippen LogP contribution in [-0.4, -0.2) is 6.54 Å². The number of anilines is 1. The first kappa shape index (κ1) is 29.5. The van der Waals surface area contributed by atoms with Crippen molar-refractivity contribution in [1.82, 2.24) is 0 Å². The van der Waals surface area contributed by atoms with Crippen molar-refractivity contribution in [2.45, 2.75) is 12.3 Å². The van der Waals surface area contributed by atoms with Crippen molar-refractivity contribution in [3.63, 3.8) is 0 Å². The highest BCUT2D eigenvalue weighted by Crippen LogP contribution is 2.60. The molecule has 0 atom stereocenters. The van der Waals surface area contributed by atoms with Crippen LogP contribution in [-0.2, 0) is 5.41 Å². The molecule has 0 amide bonds. The van der Waals surface area contributed by atoms with Gasteiger partial charge in [-0.2, -0.15) is 0 Å². The molecule has 1 aliphatic carbocycles. The summed E-state index contributed by atoms with van der Waals surface area (Å²) in [5, 5.41) is 8.37. The van der Waals surface area contributed by atoms with Crippen LogP contribution in [0.1, 0.15) is 29.2 Å². The summed E-state index contributed by atoms with van der Waals surface area (Å²) >= 11 is 0. The Morgan fingerprint density at radius 1 is 0.471 bits per heavy atom. The van der Waals surface area contributed by atoms with Gasteiger partial charge < -0.3 is 9.73 Å². The van der Waals surface area contributed by atoms with E-state index in [1.807, 2.05) is 0 Å². The fraction of sp³-hybridized carbons (Fsp3) is 0.0612. The molecule has 0 radical (unpaired) electrons. The van der Waals surface area contributed by atoms with Crippen molar-refractivity contribution in [3.05, 3.63) is 198 Å². The van der Waals surface area contributed by atoms with Crippen molar-refractivity contribution in [1.29, 1.82) is 0 Å². The molecule has 0 unspecified atom stereocenters. The van der Waals surface area contributed by atoms with Crippen LogP contribution in [0.5, 0.6) is 0 Å². The third-order valence-corrected chi connectivity index (χ3v) is 10.9. The molecule has 0 saturated heterocycles. The predicted octanol–water partition coefficient (Wildman–Crippen LogP) is 12.9. The van der Waals surface area contributed by atoms with E-state index in [0.717, 1.165) is 50.9 Å². The highest BCUT2D eigenvalue weighted by molar-refractivity contribution is 6.18. The Kier molecular flexibility index (Phi) is 6.72. The second-order valence-electron chi connectivity index (χ2n) is 13.5. The SMILES string of the molecule is CCNc1ccc2ccccc2c1-c1c(-c2cccc3c2C(c2ccccc2)(c2ccccc2)c2ccccc2-3)ccc2c1oc1ccccc12. The van der Waals surface area contributed by atoms with Gasteiger partial charge in [0.05, 0.1) is 5.41 Å². The molecule has 8 aromatic carbocycles. The highest BCUT2D eigenvalue weighted by atomic mass is 16.3. The lowest BCUT2D eigenvalue weighted by Crippen LogP contribution is -2.29. The average molecular weight is 654 g/mol. The molecule has 0 aliphatic heterocycles. The van der Waals surface area contributed by atoms with Crippen molar-refractivity contribution in [2.24, 2.45) is 0 Å². The maximum absolute atomic E-state index is 6.96. The second-order valence-corrected chi connectivity index (χ2v) is 13.5. The van der Waals surface area contributed by atoms with Gasteiger partial charge in [-0.1, -0.05) is 158 Å². The van der Waals surface area contributed by atoms with Crippen LogP contribution in [0.3, 0.4) is 0 Å². The monoisotopic (exact) mass is 653 g/mol. The zero-order valence-corrected chi connectivity index (χ0v) is 28.4. The zero-order valence-electron chi connectivity index (χ0n) is 28.4. The molecule has 0 saturated carbocycles. The summed E-state index contributed by atoms with van der Waals surface area (Å²) in [4.78, 5) is 0. The van der Waals surface area contributed by atoms with Crippen molar-refractivity contribution < 1.29 is 4.42 Å². The number of hydrogen-bond donors (Lipinski definition) is 1. The van der Waals surface area contributed by atoms with Gasteiger partial charge in [-0.15, -0.1) is 0 Å². The third-order valence-electron chi connectivity index (χ3n) is 10.9. The highest BCUT2D eigenvalue weighted by Gasteiger charge is 2.47. The van der Waals surface area contributed by atoms with Gasteiger partial charge >= 0.3 is 0 Å². The maximum Gasteiger partial charge on any atom is 0.143 e. The van der Waals surface area contributed by atoms with E-state index in [1.54, 1.807) is 0 Å². The van der Waals surface area contributed by atoms with Gasteiger partial charge in [0.1, 0.15) is 11.2 Å². The minimum absolute atomic E-state index is 0.547. The van der Waals surface area contributed by atoms with Gasteiger partial charge in [-0.25, -0.2) is 0 Å². The van der Waals surface area contributed by atoms with E-state index < -0.39 is 5.41 Å². The van der Waals surface area contributed by atoms with Gasteiger partial charge in [-0.3, -0.25) is 0 Å². The Morgan fingerprint density at radius 2 is 1.10 bits per heavy atom. The largest absolute Gasteiger partial charge is 0.455 e. The fourth-order valence-electron chi connectivity index (χ4n) is 8.87. The van der Waals surface area contributed by atoms with E-state index in [-0.39, 0.29) is 0 Å². The lowest BCUT2D eigenvalue weighted by Gasteiger charge is -2.35. The van der Waals surface area contributed by atoms with E-state index in [4.69, 9.17) is 4.42 Å². The van der Waals surface area contributed by atoms with Crippen LogP contribution in [0.25, 0.3) is 66.1 Å². The third kappa shape index (κ3) is 4.23. The molecule has 1 aromatic heterocycles. The maximum atomic E-state index is 6.96. The Hall–Kier alpha value is -6.38. The molecule has 10 rings (SSSR count). The Bertz CT molecular complexity index is 2720.